The van der Waals surface area contributed by atoms with Crippen LogP contribution >= 0.6 is 11.3 Å². The van der Waals surface area contributed by atoms with Crippen LogP contribution in [0.25, 0.3) is 11.4 Å². The Morgan fingerprint density at radius 1 is 1.25 bits per heavy atom. The highest BCUT2D eigenvalue weighted by atomic mass is 32.2. The summed E-state index contributed by atoms with van der Waals surface area (Å²) in [4.78, 5) is 13.3. The van der Waals surface area contributed by atoms with Crippen molar-refractivity contribution in [1.29, 1.82) is 5.26 Å². The zero-order valence-electron chi connectivity index (χ0n) is 17.5. The average Bonchev–Trinajstić information content (AvgIpc) is 3.30. The number of rotatable bonds is 6. The summed E-state index contributed by atoms with van der Waals surface area (Å²) in [5, 5.41) is 17.9. The number of benzene rings is 1. The van der Waals surface area contributed by atoms with Crippen LogP contribution in [0.2, 0.25) is 0 Å². The van der Waals surface area contributed by atoms with Crippen LogP contribution in [0.3, 0.4) is 0 Å². The van der Waals surface area contributed by atoms with Gasteiger partial charge in [0.15, 0.2) is 5.13 Å². The van der Waals surface area contributed by atoms with Gasteiger partial charge in [-0.1, -0.05) is 6.07 Å². The van der Waals surface area contributed by atoms with Gasteiger partial charge in [0, 0.05) is 31.2 Å². The number of aromatic nitrogens is 3. The molecular weight excluding hydrogens is 450 g/mol. The summed E-state index contributed by atoms with van der Waals surface area (Å²) < 4.78 is 33.0. The first-order valence-corrected chi connectivity index (χ1v) is 12.1. The molecule has 0 spiro atoms. The smallest absolute Gasteiger partial charge is 0.243 e. The van der Waals surface area contributed by atoms with Crippen molar-refractivity contribution >= 4 is 38.1 Å². The Hall–Kier alpha value is -3.11. The molecule has 12 heteroatoms. The molecule has 0 bridgehead atoms. The van der Waals surface area contributed by atoms with E-state index in [0.717, 1.165) is 0 Å². The molecule has 32 heavy (non-hydrogen) atoms. The number of hydrogen-bond donors (Lipinski definition) is 2. The number of thiazole rings is 1. The second kappa shape index (κ2) is 9.17. The molecule has 2 aromatic heterocycles. The predicted molar refractivity (Wildman–Crippen MR) is 121 cm³/mol. The summed E-state index contributed by atoms with van der Waals surface area (Å²) >= 11 is 1.40. The van der Waals surface area contributed by atoms with Gasteiger partial charge in [0.2, 0.25) is 16.0 Å². The number of ether oxygens (including phenoxy) is 1. The van der Waals surface area contributed by atoms with Gasteiger partial charge in [0.05, 0.1) is 29.9 Å². The molecule has 1 fully saturated rings. The summed E-state index contributed by atoms with van der Waals surface area (Å²) in [6.07, 6.45) is 1.42. The highest BCUT2D eigenvalue weighted by molar-refractivity contribution is 7.89. The van der Waals surface area contributed by atoms with Crippen LogP contribution in [-0.2, 0) is 14.8 Å². The first-order chi connectivity index (χ1) is 15.4. The summed E-state index contributed by atoms with van der Waals surface area (Å²) in [5.41, 5.74) is 2.41. The van der Waals surface area contributed by atoms with E-state index in [-0.39, 0.29) is 10.8 Å². The van der Waals surface area contributed by atoms with E-state index in [1.54, 1.807) is 37.6 Å². The molecule has 2 N–H and O–H groups in total. The summed E-state index contributed by atoms with van der Waals surface area (Å²) in [6, 6.07) is 7.15. The Morgan fingerprint density at radius 3 is 2.72 bits per heavy atom. The van der Waals surface area contributed by atoms with E-state index < -0.39 is 10.0 Å². The van der Waals surface area contributed by atoms with Crippen molar-refractivity contribution in [3.8, 4) is 17.5 Å². The van der Waals surface area contributed by atoms with Crippen molar-refractivity contribution in [3.05, 3.63) is 40.9 Å². The lowest BCUT2D eigenvalue weighted by Gasteiger charge is -2.26. The third kappa shape index (κ3) is 4.42. The molecule has 1 aromatic carbocycles. The minimum Gasteiger partial charge on any atom is -0.379 e. The number of morpholine rings is 1. The molecular formula is C20H21N7O3S2. The van der Waals surface area contributed by atoms with Crippen LogP contribution in [0.5, 0.6) is 0 Å². The Bertz CT molecular complexity index is 1280. The lowest BCUT2D eigenvalue weighted by molar-refractivity contribution is 0.0730. The molecule has 0 amide bonds. The van der Waals surface area contributed by atoms with Crippen molar-refractivity contribution in [3.63, 3.8) is 0 Å². The van der Waals surface area contributed by atoms with Crippen molar-refractivity contribution < 1.29 is 13.2 Å². The molecule has 1 saturated heterocycles. The number of anilines is 3. The Kier molecular flexibility index (Phi) is 6.33. The van der Waals surface area contributed by atoms with E-state index in [2.05, 4.69) is 31.7 Å². The fourth-order valence-electron chi connectivity index (χ4n) is 3.23. The van der Waals surface area contributed by atoms with E-state index in [1.165, 1.54) is 21.8 Å². The molecule has 0 saturated carbocycles. The zero-order valence-corrected chi connectivity index (χ0v) is 19.1. The molecule has 0 radical (unpaired) electrons. The van der Waals surface area contributed by atoms with Crippen LogP contribution in [0.15, 0.2) is 34.7 Å². The van der Waals surface area contributed by atoms with Crippen LogP contribution < -0.4 is 10.6 Å². The number of nitriles is 1. The first-order valence-electron chi connectivity index (χ1n) is 9.78. The minimum absolute atomic E-state index is 0.219. The summed E-state index contributed by atoms with van der Waals surface area (Å²) in [5.74, 6) is 0.233. The quantitative estimate of drug-likeness (QED) is 0.556. The highest BCUT2D eigenvalue weighted by Gasteiger charge is 2.28. The van der Waals surface area contributed by atoms with Gasteiger partial charge in [-0.15, -0.1) is 11.3 Å². The molecule has 3 aromatic rings. The van der Waals surface area contributed by atoms with E-state index in [0.29, 0.717) is 59.6 Å². The fourth-order valence-corrected chi connectivity index (χ4v) is 5.54. The predicted octanol–water partition coefficient (Wildman–Crippen LogP) is 2.59. The van der Waals surface area contributed by atoms with Crippen molar-refractivity contribution in [2.45, 2.75) is 11.8 Å². The molecule has 166 valence electrons. The number of sulfonamides is 1. The van der Waals surface area contributed by atoms with Crippen LogP contribution in [0, 0.1) is 18.3 Å². The molecule has 10 nitrogen and oxygen atoms in total. The molecule has 1 aliphatic heterocycles. The van der Waals surface area contributed by atoms with Gasteiger partial charge in [-0.3, -0.25) is 0 Å². The largest absolute Gasteiger partial charge is 0.379 e. The third-order valence-corrected chi connectivity index (χ3v) is 7.80. The van der Waals surface area contributed by atoms with Gasteiger partial charge in [-0.2, -0.15) is 9.57 Å². The second-order valence-corrected chi connectivity index (χ2v) is 9.74. The standard InChI is InChI=1S/C20H21N7O3S2/c1-13-3-4-15(9-17(13)32(28,29)27-5-7-30-8-6-27)24-19-23-11-14(10-21)18(26-19)16-12-31-20(22-2)25-16/h3-4,9,11-12H,5-8H2,1-2H3,(H,22,25)(H,23,24,26). The van der Waals surface area contributed by atoms with E-state index in [4.69, 9.17) is 4.74 Å². The fraction of sp³-hybridized carbons (Fsp3) is 0.300. The SMILES string of the molecule is CNc1nc(-c2nc(Nc3ccc(C)c(S(=O)(=O)N4CCOCC4)c3)ncc2C#N)cs1. The molecule has 0 atom stereocenters. The minimum atomic E-state index is -3.66. The Balaban J connectivity index is 1.65. The number of nitrogens with zero attached hydrogens (tertiary/aromatic N) is 5. The Labute approximate surface area is 190 Å². The molecule has 3 heterocycles. The maximum Gasteiger partial charge on any atom is 0.243 e. The second-order valence-electron chi connectivity index (χ2n) is 6.98. The first kappa shape index (κ1) is 22.1. The summed E-state index contributed by atoms with van der Waals surface area (Å²) in [7, 11) is -1.89. The van der Waals surface area contributed by atoms with E-state index in [9.17, 15) is 13.7 Å². The molecule has 0 unspecified atom stereocenters. The van der Waals surface area contributed by atoms with Crippen LogP contribution in [0.4, 0.5) is 16.8 Å². The molecule has 0 aliphatic carbocycles. The van der Waals surface area contributed by atoms with Gasteiger partial charge < -0.3 is 15.4 Å². The van der Waals surface area contributed by atoms with E-state index >= 15 is 0 Å². The molecule has 1 aliphatic rings. The lowest BCUT2D eigenvalue weighted by Crippen LogP contribution is -2.40. The Morgan fingerprint density at radius 2 is 2.03 bits per heavy atom. The van der Waals surface area contributed by atoms with Gasteiger partial charge >= 0.3 is 0 Å². The van der Waals surface area contributed by atoms with Crippen LogP contribution in [-0.4, -0.2) is 61.0 Å². The molecule has 4 rings (SSSR count). The van der Waals surface area contributed by atoms with Crippen molar-refractivity contribution in [2.24, 2.45) is 0 Å². The van der Waals surface area contributed by atoms with Crippen LogP contribution in [0.1, 0.15) is 11.1 Å². The maximum absolute atomic E-state index is 13.1. The average molecular weight is 472 g/mol. The lowest BCUT2D eigenvalue weighted by atomic mass is 10.2. The van der Waals surface area contributed by atoms with Crippen molar-refractivity contribution in [1.82, 2.24) is 19.3 Å². The highest BCUT2D eigenvalue weighted by Crippen LogP contribution is 2.28. The van der Waals surface area contributed by atoms with Gasteiger partial charge in [-0.25, -0.2) is 23.4 Å². The zero-order chi connectivity index (χ0) is 22.7. The number of hydrogen-bond acceptors (Lipinski definition) is 10. The topological polar surface area (TPSA) is 133 Å². The maximum atomic E-state index is 13.1. The van der Waals surface area contributed by atoms with Crippen molar-refractivity contribution in [2.75, 3.05) is 44.0 Å². The van der Waals surface area contributed by atoms with E-state index in [1.807, 2.05) is 0 Å². The number of aryl methyl sites for hydroxylation is 1. The summed E-state index contributed by atoms with van der Waals surface area (Å²) in [6.45, 7) is 3.16. The van der Waals surface area contributed by atoms with Gasteiger partial charge in [0.1, 0.15) is 17.5 Å². The number of nitrogens with one attached hydrogen (secondary N) is 2. The normalized spacial score (nSPS) is 14.7. The van der Waals surface area contributed by atoms with Gasteiger partial charge in [-0.05, 0) is 24.6 Å². The monoisotopic (exact) mass is 471 g/mol. The third-order valence-electron chi connectivity index (χ3n) is 4.90. The van der Waals surface area contributed by atoms with Gasteiger partial charge in [0.25, 0.3) is 0 Å².